The van der Waals surface area contributed by atoms with Crippen LogP contribution in [0.1, 0.15) is 28.6 Å². The Balaban J connectivity index is 1.74. The third kappa shape index (κ3) is 3.28. The van der Waals surface area contributed by atoms with Crippen molar-refractivity contribution in [1.29, 1.82) is 0 Å². The largest absolute Gasteiger partial charge is 0.346 e. The van der Waals surface area contributed by atoms with E-state index < -0.39 is 0 Å². The molecule has 4 nitrogen and oxygen atoms in total. The van der Waals surface area contributed by atoms with E-state index in [1.54, 1.807) is 11.3 Å². The maximum Gasteiger partial charge on any atom is 0.228 e. The van der Waals surface area contributed by atoms with E-state index in [1.807, 2.05) is 43.8 Å². The first-order valence-electron chi connectivity index (χ1n) is 7.02. The maximum absolute atomic E-state index is 12.4. The van der Waals surface area contributed by atoms with Crippen LogP contribution in [0.3, 0.4) is 0 Å². The van der Waals surface area contributed by atoms with Gasteiger partial charge in [-0.3, -0.25) is 4.79 Å². The average Bonchev–Trinajstić information content (AvgIpc) is 3.20. The van der Waals surface area contributed by atoms with Crippen LogP contribution < -0.4 is 5.32 Å². The van der Waals surface area contributed by atoms with Gasteiger partial charge in [0, 0.05) is 17.3 Å². The Hall–Kier alpha value is -1.92. The molecule has 0 fully saturated rings. The fourth-order valence-electron chi connectivity index (χ4n) is 2.29. The topological polar surface area (TPSA) is 46.9 Å². The lowest BCUT2D eigenvalue weighted by molar-refractivity contribution is -0.116. The highest BCUT2D eigenvalue weighted by Crippen LogP contribution is 2.26. The Morgan fingerprint density at radius 2 is 2.14 bits per heavy atom. The molecule has 3 aromatic rings. The third-order valence-corrected chi connectivity index (χ3v) is 5.26. The molecule has 1 N–H and O–H groups in total. The Morgan fingerprint density at radius 3 is 2.73 bits per heavy atom. The van der Waals surface area contributed by atoms with Gasteiger partial charge in [0.15, 0.2) is 5.13 Å². The lowest BCUT2D eigenvalue weighted by Gasteiger charge is -2.17. The number of anilines is 1. The number of amides is 1. The van der Waals surface area contributed by atoms with E-state index in [4.69, 9.17) is 0 Å². The van der Waals surface area contributed by atoms with Crippen molar-refractivity contribution >= 4 is 33.7 Å². The number of nitrogens with one attached hydrogen (secondary N) is 1. The summed E-state index contributed by atoms with van der Waals surface area (Å²) in [5, 5.41) is 7.73. The molecule has 114 valence electrons. The van der Waals surface area contributed by atoms with Crippen molar-refractivity contribution in [2.24, 2.45) is 0 Å². The number of carbonyl (C=O) groups excluding carboxylic acids is 1. The lowest BCUT2D eigenvalue weighted by Crippen LogP contribution is -2.19. The van der Waals surface area contributed by atoms with E-state index in [0.29, 0.717) is 11.6 Å². The molecule has 1 unspecified atom stereocenters. The van der Waals surface area contributed by atoms with E-state index in [1.165, 1.54) is 11.3 Å². The quantitative estimate of drug-likeness (QED) is 0.760. The average molecular weight is 331 g/mol. The summed E-state index contributed by atoms with van der Waals surface area (Å²) in [6.45, 7) is 3.96. The fraction of sp³-hybridized carbons (Fsp3) is 0.250. The minimum atomic E-state index is -0.0151. The smallest absolute Gasteiger partial charge is 0.228 e. The van der Waals surface area contributed by atoms with Crippen molar-refractivity contribution in [3.8, 4) is 0 Å². The second-order valence-electron chi connectivity index (χ2n) is 5.12. The molecule has 3 aromatic heterocycles. The number of aryl methyl sites for hydroxylation is 2. The zero-order valence-electron chi connectivity index (χ0n) is 12.4. The van der Waals surface area contributed by atoms with Gasteiger partial charge in [0.25, 0.3) is 0 Å². The van der Waals surface area contributed by atoms with Crippen molar-refractivity contribution in [1.82, 2.24) is 9.55 Å². The summed E-state index contributed by atoms with van der Waals surface area (Å²) in [4.78, 5) is 17.9. The molecule has 3 heterocycles. The Labute approximate surface area is 137 Å². The van der Waals surface area contributed by atoms with Gasteiger partial charge in [-0.05, 0) is 48.4 Å². The van der Waals surface area contributed by atoms with E-state index in [9.17, 15) is 4.79 Å². The minimum Gasteiger partial charge on any atom is -0.346 e. The van der Waals surface area contributed by atoms with Gasteiger partial charge in [0.1, 0.15) is 0 Å². The van der Waals surface area contributed by atoms with Crippen molar-refractivity contribution in [2.45, 2.75) is 26.3 Å². The molecule has 22 heavy (non-hydrogen) atoms. The van der Waals surface area contributed by atoms with Crippen LogP contribution in [0.4, 0.5) is 5.13 Å². The molecular weight excluding hydrogens is 314 g/mol. The maximum atomic E-state index is 12.4. The fourth-order valence-corrected chi connectivity index (χ4v) is 3.83. The van der Waals surface area contributed by atoms with Gasteiger partial charge < -0.3 is 9.88 Å². The zero-order valence-corrected chi connectivity index (χ0v) is 14.1. The molecule has 3 rings (SSSR count). The first-order valence-corrected chi connectivity index (χ1v) is 8.78. The van der Waals surface area contributed by atoms with Crippen LogP contribution in [0.15, 0.2) is 41.4 Å². The molecule has 6 heteroatoms. The molecule has 0 aliphatic carbocycles. The summed E-state index contributed by atoms with van der Waals surface area (Å²) in [5.41, 5.74) is 2.13. The summed E-state index contributed by atoms with van der Waals surface area (Å²) in [6, 6.07) is 6.04. The lowest BCUT2D eigenvalue weighted by atomic mass is 10.1. The first kappa shape index (κ1) is 15.0. The third-order valence-electron chi connectivity index (χ3n) is 3.57. The van der Waals surface area contributed by atoms with Gasteiger partial charge in [0.2, 0.25) is 5.91 Å². The van der Waals surface area contributed by atoms with Crippen LogP contribution in [0, 0.1) is 13.8 Å². The summed E-state index contributed by atoms with van der Waals surface area (Å²) >= 11 is 3.16. The number of hydrogen-bond donors (Lipinski definition) is 1. The number of thiophene rings is 1. The monoisotopic (exact) mass is 331 g/mol. The minimum absolute atomic E-state index is 0.0151. The van der Waals surface area contributed by atoms with Crippen LogP contribution in [0.2, 0.25) is 0 Å². The van der Waals surface area contributed by atoms with Crippen molar-refractivity contribution in [3.63, 3.8) is 0 Å². The molecule has 0 aliphatic rings. The molecule has 1 atom stereocenters. The summed E-state index contributed by atoms with van der Waals surface area (Å²) in [5.74, 6) is -0.0151. The van der Waals surface area contributed by atoms with Gasteiger partial charge in [-0.15, -0.1) is 11.3 Å². The number of thiazole rings is 1. The van der Waals surface area contributed by atoms with Gasteiger partial charge in [-0.25, -0.2) is 4.98 Å². The number of carbonyl (C=O) groups is 1. The molecule has 0 aliphatic heterocycles. The summed E-state index contributed by atoms with van der Waals surface area (Å²) in [6.07, 6.45) is 4.38. The van der Waals surface area contributed by atoms with Crippen molar-refractivity contribution in [2.75, 3.05) is 5.32 Å². The molecule has 0 saturated heterocycles. The predicted octanol–water partition coefficient (Wildman–Crippen LogP) is 4.24. The second-order valence-corrected chi connectivity index (χ2v) is 7.10. The molecule has 0 aromatic carbocycles. The van der Waals surface area contributed by atoms with Crippen molar-refractivity contribution in [3.05, 3.63) is 57.5 Å². The number of aromatic nitrogens is 2. The van der Waals surface area contributed by atoms with Gasteiger partial charge in [-0.2, -0.15) is 11.3 Å². The van der Waals surface area contributed by atoms with E-state index in [0.717, 1.165) is 16.1 Å². The van der Waals surface area contributed by atoms with Crippen LogP contribution >= 0.6 is 22.7 Å². The van der Waals surface area contributed by atoms with Crippen LogP contribution in [-0.4, -0.2) is 15.5 Å². The van der Waals surface area contributed by atoms with Gasteiger partial charge in [0.05, 0.1) is 18.2 Å². The highest BCUT2D eigenvalue weighted by molar-refractivity contribution is 7.15. The van der Waals surface area contributed by atoms with E-state index in [-0.39, 0.29) is 11.9 Å². The standard InChI is InChI=1S/C16H17N3OS2/c1-11-12(2)22-16(17-11)18-15(20)9-14(13-5-8-21-10-13)19-6-3-4-7-19/h3-8,10,14H,9H2,1-2H3,(H,17,18,20). The summed E-state index contributed by atoms with van der Waals surface area (Å²) < 4.78 is 2.07. The van der Waals surface area contributed by atoms with E-state index >= 15 is 0 Å². The van der Waals surface area contributed by atoms with Gasteiger partial charge >= 0.3 is 0 Å². The summed E-state index contributed by atoms with van der Waals surface area (Å²) in [7, 11) is 0. The highest BCUT2D eigenvalue weighted by Gasteiger charge is 2.18. The molecule has 0 spiro atoms. The normalized spacial score (nSPS) is 12.3. The zero-order chi connectivity index (χ0) is 15.5. The Bertz CT molecular complexity index is 691. The Kier molecular flexibility index (Phi) is 4.40. The molecular formula is C16H17N3OS2. The highest BCUT2D eigenvalue weighted by atomic mass is 32.1. The van der Waals surface area contributed by atoms with Crippen molar-refractivity contribution < 1.29 is 4.79 Å². The number of nitrogens with zero attached hydrogens (tertiary/aromatic N) is 2. The Morgan fingerprint density at radius 1 is 1.36 bits per heavy atom. The molecule has 0 saturated carbocycles. The second kappa shape index (κ2) is 6.46. The van der Waals surface area contributed by atoms with Crippen LogP contribution in [0.25, 0.3) is 0 Å². The van der Waals surface area contributed by atoms with Crippen LogP contribution in [0.5, 0.6) is 0 Å². The number of rotatable bonds is 5. The van der Waals surface area contributed by atoms with E-state index in [2.05, 4.69) is 26.3 Å². The molecule has 0 radical (unpaired) electrons. The predicted molar refractivity (Wildman–Crippen MR) is 91.7 cm³/mol. The SMILES string of the molecule is Cc1nc(NC(=O)CC(c2ccsc2)n2cccc2)sc1C. The molecule has 0 bridgehead atoms. The first-order chi connectivity index (χ1) is 10.6. The number of hydrogen-bond acceptors (Lipinski definition) is 4. The van der Waals surface area contributed by atoms with Crippen LogP contribution in [-0.2, 0) is 4.79 Å². The molecule has 1 amide bonds. The van der Waals surface area contributed by atoms with Gasteiger partial charge in [-0.1, -0.05) is 0 Å².